The second-order valence-electron chi connectivity index (χ2n) is 5.40. The molecule has 1 spiro atoms. The van der Waals surface area contributed by atoms with Gasteiger partial charge in [0.25, 0.3) is 0 Å². The van der Waals surface area contributed by atoms with Gasteiger partial charge in [-0.05, 0) is 11.6 Å². The molecule has 0 fully saturated rings. The number of nitrogens with zero attached hydrogens (tertiary/aromatic N) is 2. The summed E-state index contributed by atoms with van der Waals surface area (Å²) < 4.78 is 0. The Hall–Kier alpha value is -3.07. The normalized spacial score (nSPS) is 22.2. The molecule has 0 bridgehead atoms. The Morgan fingerprint density at radius 1 is 1.32 bits per heavy atom. The zero-order valence-corrected chi connectivity index (χ0v) is 11.6. The van der Waals surface area contributed by atoms with Gasteiger partial charge in [-0.15, -0.1) is 6.42 Å². The van der Waals surface area contributed by atoms with Gasteiger partial charge in [0.2, 0.25) is 11.8 Å². The van der Waals surface area contributed by atoms with E-state index in [2.05, 4.69) is 21.4 Å². The lowest BCUT2D eigenvalue weighted by molar-refractivity contribution is -0.126. The van der Waals surface area contributed by atoms with Crippen molar-refractivity contribution < 1.29 is 9.59 Å². The van der Waals surface area contributed by atoms with Gasteiger partial charge in [0.15, 0.2) is 0 Å². The van der Waals surface area contributed by atoms with Crippen molar-refractivity contribution in [3.05, 3.63) is 41.6 Å². The Bertz CT molecular complexity index is 848. The van der Waals surface area contributed by atoms with Crippen LogP contribution in [-0.4, -0.2) is 28.6 Å². The van der Waals surface area contributed by atoms with E-state index in [0.29, 0.717) is 11.4 Å². The number of carbonyl (C=O) groups excluding carboxylic acids is 2. The largest absolute Gasteiger partial charge is 0.311 e. The summed E-state index contributed by atoms with van der Waals surface area (Å²) in [5, 5.41) is 9.45. The molecule has 0 saturated heterocycles. The fourth-order valence-corrected chi connectivity index (χ4v) is 3.43. The number of nitrogens with one attached hydrogen (secondary N) is 2. The van der Waals surface area contributed by atoms with Gasteiger partial charge in [-0.1, -0.05) is 24.1 Å². The fourth-order valence-electron chi connectivity index (χ4n) is 3.43. The first-order valence-electron chi connectivity index (χ1n) is 6.87. The van der Waals surface area contributed by atoms with Gasteiger partial charge >= 0.3 is 0 Å². The Labute approximate surface area is 126 Å². The molecule has 1 aromatic heterocycles. The van der Waals surface area contributed by atoms with E-state index in [-0.39, 0.29) is 24.8 Å². The van der Waals surface area contributed by atoms with Gasteiger partial charge in [-0.3, -0.25) is 19.6 Å². The van der Waals surface area contributed by atoms with Crippen LogP contribution in [0.4, 0.5) is 11.5 Å². The number of rotatable bonds is 1. The van der Waals surface area contributed by atoms with E-state index in [4.69, 9.17) is 6.42 Å². The second kappa shape index (κ2) is 4.21. The average Bonchev–Trinajstić information content (AvgIpc) is 3.06. The second-order valence-corrected chi connectivity index (χ2v) is 5.40. The SMILES string of the molecule is C#CCN1C(=O)[C@]2(CC(=O)Nc3[nH]ncc32)c2ccccc21. The number of aromatic nitrogens is 2. The molecule has 2 aromatic rings. The Kier molecular flexibility index (Phi) is 2.42. The third-order valence-electron chi connectivity index (χ3n) is 4.30. The first kappa shape index (κ1) is 12.7. The predicted molar refractivity (Wildman–Crippen MR) is 80.2 cm³/mol. The third-order valence-corrected chi connectivity index (χ3v) is 4.30. The molecule has 2 N–H and O–H groups in total. The monoisotopic (exact) mass is 292 g/mol. The number of hydrogen-bond donors (Lipinski definition) is 2. The summed E-state index contributed by atoms with van der Waals surface area (Å²) in [5.74, 6) is 2.59. The van der Waals surface area contributed by atoms with Crippen LogP contribution in [0, 0.1) is 12.3 Å². The van der Waals surface area contributed by atoms with Gasteiger partial charge in [0, 0.05) is 17.7 Å². The summed E-state index contributed by atoms with van der Waals surface area (Å²) >= 11 is 0. The fraction of sp³-hybridized carbons (Fsp3) is 0.188. The summed E-state index contributed by atoms with van der Waals surface area (Å²) in [6.07, 6.45) is 7.06. The molecule has 0 saturated carbocycles. The quantitative estimate of drug-likeness (QED) is 0.770. The standard InChI is InChI=1S/C16H12N4O2/c1-2-7-20-12-6-4-3-5-10(12)16(15(20)22)8-13(21)18-14-11(16)9-17-19-14/h1,3-6,9H,7-8H2,(H2,17,18,19,21)/t16-/m1/s1. The summed E-state index contributed by atoms with van der Waals surface area (Å²) in [6.45, 7) is 0.173. The Morgan fingerprint density at radius 3 is 2.95 bits per heavy atom. The number of anilines is 2. The van der Waals surface area contributed by atoms with Gasteiger partial charge in [-0.2, -0.15) is 5.10 Å². The lowest BCUT2D eigenvalue weighted by Crippen LogP contribution is -2.46. The number of para-hydroxylation sites is 1. The molecule has 2 aliphatic heterocycles. The molecule has 2 aliphatic rings. The number of carbonyl (C=O) groups is 2. The first-order valence-corrected chi connectivity index (χ1v) is 6.87. The smallest absolute Gasteiger partial charge is 0.243 e. The lowest BCUT2D eigenvalue weighted by Gasteiger charge is -2.31. The molecule has 1 atom stereocenters. The summed E-state index contributed by atoms with van der Waals surface area (Å²) in [7, 11) is 0. The topological polar surface area (TPSA) is 78.1 Å². The highest BCUT2D eigenvalue weighted by Gasteiger charge is 2.56. The van der Waals surface area contributed by atoms with Crippen molar-refractivity contribution >= 4 is 23.3 Å². The maximum absolute atomic E-state index is 13.1. The van der Waals surface area contributed by atoms with Crippen LogP contribution in [0.5, 0.6) is 0 Å². The van der Waals surface area contributed by atoms with Crippen molar-refractivity contribution in [2.75, 3.05) is 16.8 Å². The number of fused-ring (bicyclic) bond motifs is 4. The van der Waals surface area contributed by atoms with Gasteiger partial charge < -0.3 is 5.32 Å². The van der Waals surface area contributed by atoms with Crippen molar-refractivity contribution in [1.29, 1.82) is 0 Å². The maximum Gasteiger partial charge on any atom is 0.243 e. The minimum Gasteiger partial charge on any atom is -0.311 e. The van der Waals surface area contributed by atoms with Crippen LogP contribution < -0.4 is 10.2 Å². The van der Waals surface area contributed by atoms with E-state index < -0.39 is 5.41 Å². The van der Waals surface area contributed by atoms with Crippen molar-refractivity contribution in [2.24, 2.45) is 0 Å². The van der Waals surface area contributed by atoms with Gasteiger partial charge in [0.1, 0.15) is 11.2 Å². The molecule has 0 radical (unpaired) electrons. The molecule has 6 nitrogen and oxygen atoms in total. The average molecular weight is 292 g/mol. The third kappa shape index (κ3) is 1.37. The van der Waals surface area contributed by atoms with Crippen LogP contribution in [-0.2, 0) is 15.0 Å². The molecule has 108 valence electrons. The number of hydrogen-bond acceptors (Lipinski definition) is 3. The van der Waals surface area contributed by atoms with Crippen LogP contribution in [0.1, 0.15) is 17.5 Å². The van der Waals surface area contributed by atoms with E-state index >= 15 is 0 Å². The molecule has 1 aromatic carbocycles. The van der Waals surface area contributed by atoms with Gasteiger partial charge in [0.05, 0.1) is 12.7 Å². The molecule has 6 heteroatoms. The molecule has 3 heterocycles. The number of amides is 2. The maximum atomic E-state index is 13.1. The van der Waals surface area contributed by atoms with Crippen molar-refractivity contribution in [3.63, 3.8) is 0 Å². The number of aromatic amines is 1. The van der Waals surface area contributed by atoms with Crippen LogP contribution in [0.3, 0.4) is 0 Å². The molecular formula is C16H12N4O2. The Morgan fingerprint density at radius 2 is 2.14 bits per heavy atom. The number of terminal acetylenes is 1. The zero-order chi connectivity index (χ0) is 15.3. The molecular weight excluding hydrogens is 280 g/mol. The van der Waals surface area contributed by atoms with E-state index in [1.54, 1.807) is 11.1 Å². The van der Waals surface area contributed by atoms with Crippen molar-refractivity contribution in [1.82, 2.24) is 10.2 Å². The highest BCUT2D eigenvalue weighted by Crippen LogP contribution is 2.51. The highest BCUT2D eigenvalue weighted by molar-refractivity contribution is 6.15. The van der Waals surface area contributed by atoms with Crippen molar-refractivity contribution in [3.8, 4) is 12.3 Å². The van der Waals surface area contributed by atoms with E-state index in [1.165, 1.54) is 0 Å². The summed E-state index contributed by atoms with van der Waals surface area (Å²) in [4.78, 5) is 26.8. The van der Waals surface area contributed by atoms with Crippen LogP contribution >= 0.6 is 0 Å². The predicted octanol–water partition coefficient (Wildman–Crippen LogP) is 1.02. The summed E-state index contributed by atoms with van der Waals surface area (Å²) in [6, 6.07) is 7.44. The summed E-state index contributed by atoms with van der Waals surface area (Å²) in [5.41, 5.74) is 1.20. The van der Waals surface area contributed by atoms with Crippen LogP contribution in [0.2, 0.25) is 0 Å². The minimum atomic E-state index is -1.04. The lowest BCUT2D eigenvalue weighted by atomic mass is 9.72. The number of H-pyrrole nitrogens is 1. The van der Waals surface area contributed by atoms with E-state index in [1.807, 2.05) is 24.3 Å². The van der Waals surface area contributed by atoms with Crippen LogP contribution in [0.15, 0.2) is 30.5 Å². The molecule has 0 aliphatic carbocycles. The van der Waals surface area contributed by atoms with E-state index in [9.17, 15) is 9.59 Å². The molecule has 22 heavy (non-hydrogen) atoms. The first-order chi connectivity index (χ1) is 10.7. The molecule has 4 rings (SSSR count). The Balaban J connectivity index is 2.02. The van der Waals surface area contributed by atoms with E-state index in [0.717, 1.165) is 11.3 Å². The number of benzene rings is 1. The van der Waals surface area contributed by atoms with Crippen molar-refractivity contribution in [2.45, 2.75) is 11.8 Å². The van der Waals surface area contributed by atoms with Crippen LogP contribution in [0.25, 0.3) is 0 Å². The minimum absolute atomic E-state index is 0.0520. The van der Waals surface area contributed by atoms with Gasteiger partial charge in [-0.25, -0.2) is 0 Å². The molecule has 2 amide bonds. The highest BCUT2D eigenvalue weighted by atomic mass is 16.2. The zero-order valence-electron chi connectivity index (χ0n) is 11.6. The molecule has 0 unspecified atom stereocenters.